The predicted molar refractivity (Wildman–Crippen MR) is 78.8 cm³/mol. The third-order valence-electron chi connectivity index (χ3n) is 4.22. The topological polar surface area (TPSA) is 108 Å². The molecule has 1 radical (unpaired) electrons. The highest BCUT2D eigenvalue weighted by Gasteiger charge is 2.62. The fourth-order valence-electron chi connectivity index (χ4n) is 3.24. The van der Waals surface area contributed by atoms with Gasteiger partial charge in [0.05, 0.1) is 5.69 Å². The molecule has 4 heterocycles. The molecule has 1 unspecified atom stereocenters. The standard InChI is InChI=1S/C15H16N5O3/c1-14(2)21-11-10(22-15(3,6-16)12(11)23-14)8-4-5-9-13(17)18-7-19-20(8)9/h4-5,7,10-12H,3H2,1-2H3,(H2,17,18,19)/t10?,11-,12-,15+/m0/s1. The molecule has 2 N–H and O–H groups in total. The van der Waals surface area contributed by atoms with Crippen LogP contribution in [0.3, 0.4) is 0 Å². The van der Waals surface area contributed by atoms with Crippen molar-refractivity contribution in [2.45, 2.75) is 43.5 Å². The number of nitriles is 1. The fourth-order valence-corrected chi connectivity index (χ4v) is 3.24. The molecule has 2 fully saturated rings. The molecule has 23 heavy (non-hydrogen) atoms. The molecule has 2 aromatic heterocycles. The number of rotatable bonds is 1. The van der Waals surface area contributed by atoms with Gasteiger partial charge in [-0.25, -0.2) is 9.50 Å². The summed E-state index contributed by atoms with van der Waals surface area (Å²) in [4.78, 5) is 3.97. The van der Waals surface area contributed by atoms with Crippen LogP contribution in [0.1, 0.15) is 25.6 Å². The Balaban J connectivity index is 1.82. The Hall–Kier alpha value is -2.21. The van der Waals surface area contributed by atoms with Crippen LogP contribution in [0.25, 0.3) is 5.52 Å². The van der Waals surface area contributed by atoms with Crippen LogP contribution in [-0.4, -0.2) is 38.2 Å². The Morgan fingerprint density at radius 1 is 1.35 bits per heavy atom. The normalized spacial score (nSPS) is 35.3. The summed E-state index contributed by atoms with van der Waals surface area (Å²) in [6.45, 7) is 7.50. The minimum atomic E-state index is -1.34. The van der Waals surface area contributed by atoms with E-state index >= 15 is 0 Å². The zero-order valence-corrected chi connectivity index (χ0v) is 12.8. The molecule has 8 nitrogen and oxygen atoms in total. The molecule has 0 spiro atoms. The van der Waals surface area contributed by atoms with Crippen LogP contribution < -0.4 is 5.73 Å². The van der Waals surface area contributed by atoms with Crippen molar-refractivity contribution in [1.29, 1.82) is 5.26 Å². The molecule has 2 aliphatic rings. The van der Waals surface area contributed by atoms with E-state index in [2.05, 4.69) is 23.1 Å². The Morgan fingerprint density at radius 2 is 2.13 bits per heavy atom. The van der Waals surface area contributed by atoms with Gasteiger partial charge in [-0.3, -0.25) is 0 Å². The molecular formula is C15H16N5O3. The molecule has 4 atom stereocenters. The molecule has 8 heteroatoms. The number of nitrogens with two attached hydrogens (primary N) is 1. The lowest BCUT2D eigenvalue weighted by atomic mass is 9.97. The minimum absolute atomic E-state index is 0.367. The molecule has 0 bridgehead atoms. The summed E-state index contributed by atoms with van der Waals surface area (Å²) in [7, 11) is 0. The number of nitrogens with zero attached hydrogens (tertiary/aromatic N) is 4. The number of anilines is 1. The lowest BCUT2D eigenvalue weighted by Crippen LogP contribution is -2.39. The molecule has 0 aliphatic carbocycles. The molecule has 2 aromatic rings. The molecule has 2 aliphatic heterocycles. The Labute approximate surface area is 132 Å². The van der Waals surface area contributed by atoms with Gasteiger partial charge in [0.25, 0.3) is 0 Å². The van der Waals surface area contributed by atoms with Gasteiger partial charge in [0, 0.05) is 0 Å². The van der Waals surface area contributed by atoms with Crippen molar-refractivity contribution < 1.29 is 14.2 Å². The van der Waals surface area contributed by atoms with Crippen LogP contribution in [0.15, 0.2) is 18.5 Å². The second-order valence-corrected chi connectivity index (χ2v) is 6.26. The summed E-state index contributed by atoms with van der Waals surface area (Å²) in [5, 5.41) is 13.7. The van der Waals surface area contributed by atoms with Gasteiger partial charge in [0.15, 0.2) is 17.2 Å². The number of fused-ring (bicyclic) bond motifs is 2. The largest absolute Gasteiger partial charge is 0.382 e. The van der Waals surface area contributed by atoms with Crippen molar-refractivity contribution in [1.82, 2.24) is 14.6 Å². The first-order valence-corrected chi connectivity index (χ1v) is 7.23. The molecule has 119 valence electrons. The smallest absolute Gasteiger partial charge is 0.184 e. The summed E-state index contributed by atoms with van der Waals surface area (Å²) in [6, 6.07) is 5.73. The van der Waals surface area contributed by atoms with E-state index in [-0.39, 0.29) is 0 Å². The first kappa shape index (κ1) is 14.4. The van der Waals surface area contributed by atoms with Crippen molar-refractivity contribution in [3.05, 3.63) is 31.1 Å². The van der Waals surface area contributed by atoms with Crippen LogP contribution >= 0.6 is 0 Å². The molecule has 4 rings (SSSR count). The molecule has 0 amide bonds. The summed E-state index contributed by atoms with van der Waals surface area (Å²) in [6.07, 6.45) is -0.222. The van der Waals surface area contributed by atoms with E-state index in [0.717, 1.165) is 0 Å². The average Bonchev–Trinajstić information content (AvgIpc) is 3.12. The summed E-state index contributed by atoms with van der Waals surface area (Å²) < 4.78 is 19.4. The van der Waals surface area contributed by atoms with Gasteiger partial charge in [-0.05, 0) is 32.9 Å². The van der Waals surface area contributed by atoms with Crippen LogP contribution in [-0.2, 0) is 14.2 Å². The van der Waals surface area contributed by atoms with Crippen LogP contribution in [0.5, 0.6) is 0 Å². The van der Waals surface area contributed by atoms with Crippen LogP contribution in [0.2, 0.25) is 0 Å². The van der Waals surface area contributed by atoms with Gasteiger partial charge in [-0.2, -0.15) is 10.4 Å². The number of hydrogen-bond donors (Lipinski definition) is 1. The van der Waals surface area contributed by atoms with E-state index in [1.54, 1.807) is 24.4 Å². The quantitative estimate of drug-likeness (QED) is 0.836. The molecule has 0 aromatic carbocycles. The Kier molecular flexibility index (Phi) is 2.76. The van der Waals surface area contributed by atoms with E-state index in [1.807, 2.05) is 6.07 Å². The number of aromatic nitrogens is 3. The molecular weight excluding hydrogens is 298 g/mol. The van der Waals surface area contributed by atoms with Gasteiger partial charge in [-0.15, -0.1) is 0 Å². The highest BCUT2D eigenvalue weighted by Crippen LogP contribution is 2.49. The van der Waals surface area contributed by atoms with Crippen LogP contribution in [0.4, 0.5) is 5.82 Å². The van der Waals surface area contributed by atoms with Crippen molar-refractivity contribution >= 4 is 11.3 Å². The highest BCUT2D eigenvalue weighted by molar-refractivity contribution is 5.65. The third kappa shape index (κ3) is 1.94. The summed E-state index contributed by atoms with van der Waals surface area (Å²) in [5.74, 6) is -0.441. The lowest BCUT2D eigenvalue weighted by molar-refractivity contribution is -0.193. The van der Waals surface area contributed by atoms with E-state index in [4.69, 9.17) is 19.9 Å². The van der Waals surface area contributed by atoms with Gasteiger partial charge < -0.3 is 19.9 Å². The summed E-state index contributed by atoms with van der Waals surface area (Å²) in [5.41, 5.74) is 5.90. The van der Waals surface area contributed by atoms with Gasteiger partial charge >= 0.3 is 0 Å². The third-order valence-corrected chi connectivity index (χ3v) is 4.22. The maximum absolute atomic E-state index is 9.49. The number of ether oxygens (including phenoxy) is 3. The van der Waals surface area contributed by atoms with Crippen molar-refractivity contribution in [2.75, 3.05) is 5.73 Å². The van der Waals surface area contributed by atoms with Crippen LogP contribution in [0, 0.1) is 18.3 Å². The second kappa shape index (κ2) is 4.41. The Morgan fingerprint density at radius 3 is 2.87 bits per heavy atom. The van der Waals surface area contributed by atoms with Crippen molar-refractivity contribution in [2.24, 2.45) is 0 Å². The minimum Gasteiger partial charge on any atom is -0.382 e. The van der Waals surface area contributed by atoms with Crippen molar-refractivity contribution in [3.63, 3.8) is 0 Å². The maximum atomic E-state index is 9.49. The first-order valence-electron chi connectivity index (χ1n) is 7.23. The predicted octanol–water partition coefficient (Wildman–Crippen LogP) is 0.999. The zero-order valence-electron chi connectivity index (χ0n) is 12.8. The fraction of sp³-hybridized carbons (Fsp3) is 0.467. The van der Waals surface area contributed by atoms with E-state index in [9.17, 15) is 5.26 Å². The second-order valence-electron chi connectivity index (χ2n) is 6.26. The maximum Gasteiger partial charge on any atom is 0.184 e. The zero-order chi connectivity index (χ0) is 16.4. The Bertz CT molecular complexity index is 826. The highest BCUT2D eigenvalue weighted by atomic mass is 16.8. The number of hydrogen-bond acceptors (Lipinski definition) is 7. The van der Waals surface area contributed by atoms with Gasteiger partial charge in [0.1, 0.15) is 36.2 Å². The molecule has 0 saturated carbocycles. The van der Waals surface area contributed by atoms with Gasteiger partial charge in [0.2, 0.25) is 0 Å². The van der Waals surface area contributed by atoms with E-state index < -0.39 is 29.7 Å². The van der Waals surface area contributed by atoms with Gasteiger partial charge in [-0.1, -0.05) is 0 Å². The average molecular weight is 314 g/mol. The first-order chi connectivity index (χ1) is 10.8. The molecule has 2 saturated heterocycles. The lowest BCUT2D eigenvalue weighted by Gasteiger charge is -2.26. The number of nitrogen functional groups attached to an aromatic ring is 1. The summed E-state index contributed by atoms with van der Waals surface area (Å²) >= 11 is 0. The van der Waals surface area contributed by atoms with E-state index in [0.29, 0.717) is 17.0 Å². The SMILES string of the molecule is [CH2][C@]1(C#N)OC(c2ccc3c(N)ncnn23)[C@@H]2OC(C)(C)O[C@@H]21. The monoisotopic (exact) mass is 314 g/mol. The van der Waals surface area contributed by atoms with Crippen molar-refractivity contribution in [3.8, 4) is 6.07 Å². The van der Waals surface area contributed by atoms with E-state index in [1.165, 1.54) is 6.33 Å².